The number of Topliss-reactive ketones (excluding diaryl/α,β-unsaturated/α-hetero) is 1. The largest absolute Gasteiger partial charge is 0.294 e. The molecule has 0 aromatic carbocycles. The molecule has 17 heavy (non-hydrogen) atoms. The zero-order valence-corrected chi connectivity index (χ0v) is 10.6. The molecule has 2 heteroatoms. The van der Waals surface area contributed by atoms with Crippen LogP contribution in [0.5, 0.6) is 0 Å². The van der Waals surface area contributed by atoms with E-state index in [4.69, 9.17) is 0 Å². The normalized spacial score (nSPS) is 17.7. The number of aromatic nitrogens is 1. The van der Waals surface area contributed by atoms with Crippen LogP contribution in [0.1, 0.15) is 60.9 Å². The molecule has 0 radical (unpaired) electrons. The Kier molecular flexibility index (Phi) is 4.29. The fourth-order valence-corrected chi connectivity index (χ4v) is 2.70. The molecule has 0 amide bonds. The van der Waals surface area contributed by atoms with Crippen molar-refractivity contribution < 1.29 is 4.79 Å². The maximum atomic E-state index is 12.2. The molecule has 2 nitrogen and oxygen atoms in total. The predicted octanol–water partition coefficient (Wildman–Crippen LogP) is 3.93. The molecule has 0 N–H and O–H groups in total. The van der Waals surface area contributed by atoms with E-state index in [-0.39, 0.29) is 5.78 Å². The van der Waals surface area contributed by atoms with Crippen molar-refractivity contribution in [2.75, 3.05) is 0 Å². The molecule has 0 aliphatic heterocycles. The minimum absolute atomic E-state index is 0.280. The highest BCUT2D eigenvalue weighted by Gasteiger charge is 2.18. The fourth-order valence-electron chi connectivity index (χ4n) is 2.70. The van der Waals surface area contributed by atoms with E-state index in [1.807, 2.05) is 13.0 Å². The van der Waals surface area contributed by atoms with Gasteiger partial charge in [0.25, 0.3) is 0 Å². The van der Waals surface area contributed by atoms with Gasteiger partial charge < -0.3 is 0 Å². The summed E-state index contributed by atoms with van der Waals surface area (Å²) in [4.78, 5) is 16.3. The zero-order chi connectivity index (χ0) is 12.1. The molecule has 2 rings (SSSR count). The third kappa shape index (κ3) is 3.39. The van der Waals surface area contributed by atoms with Crippen LogP contribution in [0.4, 0.5) is 0 Å². The Bertz CT molecular complexity index is 378. The second-order valence-corrected chi connectivity index (χ2v) is 5.18. The lowest BCUT2D eigenvalue weighted by molar-refractivity contribution is 0.0956. The van der Waals surface area contributed by atoms with E-state index in [1.54, 1.807) is 12.4 Å². The molecule has 92 valence electrons. The Hall–Kier alpha value is -1.18. The van der Waals surface area contributed by atoms with Gasteiger partial charge in [0.2, 0.25) is 0 Å². The van der Waals surface area contributed by atoms with Gasteiger partial charge in [-0.3, -0.25) is 9.78 Å². The van der Waals surface area contributed by atoms with Crippen molar-refractivity contribution in [3.8, 4) is 0 Å². The summed E-state index contributed by atoms with van der Waals surface area (Å²) < 4.78 is 0. The summed E-state index contributed by atoms with van der Waals surface area (Å²) in [6.07, 6.45) is 11.9. The van der Waals surface area contributed by atoms with Gasteiger partial charge in [-0.2, -0.15) is 0 Å². The van der Waals surface area contributed by atoms with Gasteiger partial charge in [-0.15, -0.1) is 0 Å². The van der Waals surface area contributed by atoms with Crippen molar-refractivity contribution in [2.45, 2.75) is 51.9 Å². The van der Waals surface area contributed by atoms with Gasteiger partial charge >= 0.3 is 0 Å². The maximum Gasteiger partial charge on any atom is 0.164 e. The molecule has 0 unspecified atom stereocenters. The Morgan fingerprint density at radius 2 is 2.00 bits per heavy atom. The van der Waals surface area contributed by atoms with Gasteiger partial charge in [-0.25, -0.2) is 0 Å². The standard InChI is InChI=1S/C15H21NO/c1-12-8-9-16-11-14(12)15(17)10-13-6-4-2-3-5-7-13/h8-9,11,13H,2-7,10H2,1H3. The van der Waals surface area contributed by atoms with Gasteiger partial charge in [-0.05, 0) is 24.5 Å². The van der Waals surface area contributed by atoms with Gasteiger partial charge in [-0.1, -0.05) is 38.5 Å². The smallest absolute Gasteiger partial charge is 0.164 e. The predicted molar refractivity (Wildman–Crippen MR) is 69.1 cm³/mol. The average Bonchev–Trinajstić information content (AvgIpc) is 2.58. The summed E-state index contributed by atoms with van der Waals surface area (Å²) >= 11 is 0. The van der Waals surface area contributed by atoms with Crippen molar-refractivity contribution in [2.24, 2.45) is 5.92 Å². The number of carbonyl (C=O) groups excluding carboxylic acids is 1. The lowest BCUT2D eigenvalue weighted by atomic mass is 9.91. The molecule has 1 aliphatic carbocycles. The molecule has 1 saturated carbocycles. The van der Waals surface area contributed by atoms with Gasteiger partial charge in [0.05, 0.1) is 0 Å². The summed E-state index contributed by atoms with van der Waals surface area (Å²) in [5, 5.41) is 0. The maximum absolute atomic E-state index is 12.2. The molecule has 0 atom stereocenters. The van der Waals surface area contributed by atoms with Gasteiger partial charge in [0.1, 0.15) is 0 Å². The fraction of sp³-hybridized carbons (Fsp3) is 0.600. The molecular formula is C15H21NO. The van der Waals surface area contributed by atoms with E-state index in [0.717, 1.165) is 11.1 Å². The van der Waals surface area contributed by atoms with Gasteiger partial charge in [0.15, 0.2) is 5.78 Å². The minimum atomic E-state index is 0.280. The minimum Gasteiger partial charge on any atom is -0.294 e. The first-order valence-electron chi connectivity index (χ1n) is 6.71. The number of pyridine rings is 1. The second kappa shape index (κ2) is 5.95. The highest BCUT2D eigenvalue weighted by Crippen LogP contribution is 2.26. The highest BCUT2D eigenvalue weighted by molar-refractivity contribution is 5.97. The van der Waals surface area contributed by atoms with Crippen LogP contribution in [0.2, 0.25) is 0 Å². The second-order valence-electron chi connectivity index (χ2n) is 5.18. The number of aryl methyl sites for hydroxylation is 1. The first kappa shape index (κ1) is 12.3. The van der Waals surface area contributed by atoms with E-state index in [9.17, 15) is 4.79 Å². The number of rotatable bonds is 3. The summed E-state index contributed by atoms with van der Waals surface area (Å²) in [6.45, 7) is 1.99. The number of hydrogen-bond acceptors (Lipinski definition) is 2. The molecule has 1 fully saturated rings. The molecule has 0 spiro atoms. The monoisotopic (exact) mass is 231 g/mol. The van der Waals surface area contributed by atoms with Crippen LogP contribution in [0.3, 0.4) is 0 Å². The van der Waals surface area contributed by atoms with Crippen molar-refractivity contribution in [1.29, 1.82) is 0 Å². The van der Waals surface area contributed by atoms with E-state index < -0.39 is 0 Å². The van der Waals surface area contributed by atoms with Crippen LogP contribution in [0.25, 0.3) is 0 Å². The molecular weight excluding hydrogens is 210 g/mol. The molecule has 1 aromatic rings. The van der Waals surface area contributed by atoms with E-state index in [0.29, 0.717) is 12.3 Å². The lowest BCUT2D eigenvalue weighted by Gasteiger charge is -2.13. The molecule has 1 aliphatic rings. The van der Waals surface area contributed by atoms with Crippen molar-refractivity contribution in [1.82, 2.24) is 4.98 Å². The molecule has 1 heterocycles. The van der Waals surface area contributed by atoms with Crippen LogP contribution in [-0.2, 0) is 0 Å². The SMILES string of the molecule is Cc1ccncc1C(=O)CC1CCCCCC1. The van der Waals surface area contributed by atoms with Gasteiger partial charge in [0, 0.05) is 24.4 Å². The zero-order valence-electron chi connectivity index (χ0n) is 10.6. The molecule has 1 aromatic heterocycles. The first-order valence-corrected chi connectivity index (χ1v) is 6.71. The van der Waals surface area contributed by atoms with Crippen LogP contribution in [-0.4, -0.2) is 10.8 Å². The third-order valence-corrected chi connectivity index (χ3v) is 3.79. The summed E-state index contributed by atoms with van der Waals surface area (Å²) in [5.74, 6) is 0.882. The number of carbonyl (C=O) groups is 1. The van der Waals surface area contributed by atoms with Crippen LogP contribution < -0.4 is 0 Å². The van der Waals surface area contributed by atoms with Crippen molar-refractivity contribution in [3.05, 3.63) is 29.6 Å². The quantitative estimate of drug-likeness (QED) is 0.582. The third-order valence-electron chi connectivity index (χ3n) is 3.79. The first-order chi connectivity index (χ1) is 8.27. The highest BCUT2D eigenvalue weighted by atomic mass is 16.1. The lowest BCUT2D eigenvalue weighted by Crippen LogP contribution is -2.10. The Balaban J connectivity index is 1.98. The topological polar surface area (TPSA) is 30.0 Å². The van der Waals surface area contributed by atoms with E-state index >= 15 is 0 Å². The van der Waals surface area contributed by atoms with E-state index in [2.05, 4.69) is 4.98 Å². The average molecular weight is 231 g/mol. The molecule has 0 bridgehead atoms. The molecule has 0 saturated heterocycles. The van der Waals surface area contributed by atoms with Crippen molar-refractivity contribution >= 4 is 5.78 Å². The Labute approximate surface area is 103 Å². The van der Waals surface area contributed by atoms with Crippen LogP contribution >= 0.6 is 0 Å². The Morgan fingerprint density at radius 3 is 2.65 bits per heavy atom. The Morgan fingerprint density at radius 1 is 1.29 bits per heavy atom. The number of hydrogen-bond donors (Lipinski definition) is 0. The summed E-state index contributed by atoms with van der Waals surface area (Å²) in [7, 11) is 0. The van der Waals surface area contributed by atoms with E-state index in [1.165, 1.54) is 38.5 Å². The van der Waals surface area contributed by atoms with Crippen LogP contribution in [0, 0.1) is 12.8 Å². The van der Waals surface area contributed by atoms with Crippen molar-refractivity contribution in [3.63, 3.8) is 0 Å². The number of nitrogens with zero attached hydrogens (tertiary/aromatic N) is 1. The number of ketones is 1. The summed E-state index contributed by atoms with van der Waals surface area (Å²) in [6, 6.07) is 1.92. The van der Waals surface area contributed by atoms with Crippen LogP contribution in [0.15, 0.2) is 18.5 Å². The summed E-state index contributed by atoms with van der Waals surface area (Å²) in [5.41, 5.74) is 1.87.